The van der Waals surface area contributed by atoms with E-state index in [1.165, 1.54) is 0 Å². The lowest BCUT2D eigenvalue weighted by molar-refractivity contribution is -0.939. The maximum atomic E-state index is 12.9. The number of hydroxylamine groups is 3. The molecule has 92 valence electrons. The number of hydrogen-bond donors (Lipinski definition) is 0. The molecule has 3 heteroatoms. The van der Waals surface area contributed by atoms with E-state index in [4.69, 9.17) is 0 Å². The zero-order valence-electron chi connectivity index (χ0n) is 10.4. The second kappa shape index (κ2) is 4.59. The Morgan fingerprint density at radius 2 is 1.71 bits per heavy atom. The predicted octanol–water partition coefficient (Wildman–Crippen LogP) is 2.64. The fourth-order valence-corrected chi connectivity index (χ4v) is 2.67. The topological polar surface area (TPSA) is 40.1 Å². The molecule has 0 saturated carbocycles. The molecule has 1 aliphatic heterocycles. The van der Waals surface area contributed by atoms with Gasteiger partial charge in [-0.1, -0.05) is 30.3 Å². The molecule has 1 saturated heterocycles. The van der Waals surface area contributed by atoms with Gasteiger partial charge < -0.3 is 9.85 Å². The lowest BCUT2D eigenvalue weighted by atomic mass is 9.94. The molecule has 1 aromatic rings. The number of ketones is 1. The maximum Gasteiger partial charge on any atom is 0.144 e. The third-order valence-electron chi connectivity index (χ3n) is 3.81. The van der Waals surface area contributed by atoms with Crippen LogP contribution in [-0.2, 0) is 11.3 Å². The summed E-state index contributed by atoms with van der Waals surface area (Å²) in [5, 5.41) is 12.9. The lowest BCUT2D eigenvalue weighted by Crippen LogP contribution is -2.58. The largest absolute Gasteiger partial charge is 0.632 e. The zero-order valence-corrected chi connectivity index (χ0v) is 10.4. The van der Waals surface area contributed by atoms with Crippen molar-refractivity contribution >= 4 is 5.78 Å². The van der Waals surface area contributed by atoms with Crippen molar-refractivity contribution in [2.75, 3.05) is 0 Å². The number of piperidine rings is 1. The van der Waals surface area contributed by atoms with Gasteiger partial charge in [-0.25, -0.2) is 0 Å². The Balaban J connectivity index is 2.20. The Morgan fingerprint density at radius 1 is 1.18 bits per heavy atom. The number of rotatable bonds is 2. The molecule has 0 aliphatic carbocycles. The summed E-state index contributed by atoms with van der Waals surface area (Å²) in [6, 6.07) is 9.54. The maximum absolute atomic E-state index is 12.9. The van der Waals surface area contributed by atoms with Crippen LogP contribution < -0.4 is 0 Å². The number of quaternary nitrogens is 1. The molecule has 1 aliphatic rings. The van der Waals surface area contributed by atoms with E-state index in [1.807, 2.05) is 44.2 Å². The van der Waals surface area contributed by atoms with Crippen molar-refractivity contribution in [1.82, 2.24) is 0 Å². The first-order valence-corrected chi connectivity index (χ1v) is 6.16. The van der Waals surface area contributed by atoms with Crippen molar-refractivity contribution in [3.63, 3.8) is 0 Å². The minimum Gasteiger partial charge on any atom is -0.632 e. The van der Waals surface area contributed by atoms with E-state index in [0.29, 0.717) is 19.4 Å². The first-order valence-electron chi connectivity index (χ1n) is 6.16. The van der Waals surface area contributed by atoms with Gasteiger partial charge in [-0.2, -0.15) is 0 Å². The van der Waals surface area contributed by atoms with Crippen LogP contribution in [0.5, 0.6) is 0 Å². The summed E-state index contributed by atoms with van der Waals surface area (Å²) in [5.41, 5.74) is 1.05. The summed E-state index contributed by atoms with van der Waals surface area (Å²) < 4.78 is -0.268. The first kappa shape index (κ1) is 12.3. The van der Waals surface area contributed by atoms with Gasteiger partial charge in [-0.3, -0.25) is 4.79 Å². The molecular formula is C14H19NO2. The molecule has 2 atom stereocenters. The van der Waals surface area contributed by atoms with E-state index in [1.54, 1.807) is 0 Å². The third kappa shape index (κ3) is 2.40. The van der Waals surface area contributed by atoms with Gasteiger partial charge in [-0.05, 0) is 13.8 Å². The molecule has 3 nitrogen and oxygen atoms in total. The number of likely N-dealkylation sites (tertiary alicyclic amines) is 1. The molecule has 0 amide bonds. The number of nitrogens with zero attached hydrogens (tertiary/aromatic N) is 1. The van der Waals surface area contributed by atoms with Crippen LogP contribution in [0.2, 0.25) is 0 Å². The Labute approximate surface area is 102 Å². The monoisotopic (exact) mass is 233 g/mol. The average molecular weight is 233 g/mol. The van der Waals surface area contributed by atoms with Crippen molar-refractivity contribution in [3.05, 3.63) is 41.1 Å². The normalized spacial score (nSPS) is 33.7. The summed E-state index contributed by atoms with van der Waals surface area (Å²) in [7, 11) is 0. The van der Waals surface area contributed by atoms with Gasteiger partial charge in [0.05, 0.1) is 24.9 Å². The number of carbonyl (C=O) groups excluding carboxylic acids is 1. The van der Waals surface area contributed by atoms with E-state index in [9.17, 15) is 10.0 Å². The van der Waals surface area contributed by atoms with Crippen LogP contribution in [0.25, 0.3) is 0 Å². The first-order chi connectivity index (χ1) is 8.02. The van der Waals surface area contributed by atoms with Crippen LogP contribution in [0, 0.1) is 5.21 Å². The van der Waals surface area contributed by atoms with Gasteiger partial charge in [-0.15, -0.1) is 0 Å². The third-order valence-corrected chi connectivity index (χ3v) is 3.81. The van der Waals surface area contributed by atoms with Crippen LogP contribution in [0.4, 0.5) is 0 Å². The Kier molecular flexibility index (Phi) is 3.31. The molecule has 1 fully saturated rings. The van der Waals surface area contributed by atoms with E-state index < -0.39 is 0 Å². The molecular weight excluding hydrogens is 214 g/mol. The molecule has 1 heterocycles. The Morgan fingerprint density at radius 3 is 2.24 bits per heavy atom. The van der Waals surface area contributed by atoms with Crippen molar-refractivity contribution in [3.8, 4) is 0 Å². The highest BCUT2D eigenvalue weighted by molar-refractivity contribution is 5.79. The quantitative estimate of drug-likeness (QED) is 0.582. The molecule has 0 N–H and O–H groups in total. The second-order valence-electron chi connectivity index (χ2n) is 5.14. The number of Topliss-reactive ketones (excluding diaryl/α,β-unsaturated/α-hetero) is 1. The zero-order chi connectivity index (χ0) is 12.5. The van der Waals surface area contributed by atoms with Gasteiger partial charge >= 0.3 is 0 Å². The minimum atomic E-state index is -0.268. The fourth-order valence-electron chi connectivity index (χ4n) is 2.67. The molecule has 17 heavy (non-hydrogen) atoms. The summed E-state index contributed by atoms with van der Waals surface area (Å²) in [4.78, 5) is 11.5. The molecule has 1 aromatic carbocycles. The molecule has 2 unspecified atom stereocenters. The van der Waals surface area contributed by atoms with Gasteiger partial charge in [0.1, 0.15) is 12.3 Å². The highest BCUT2D eigenvalue weighted by Crippen LogP contribution is 2.30. The van der Waals surface area contributed by atoms with Crippen molar-refractivity contribution in [2.45, 2.75) is 45.3 Å². The Bertz CT molecular complexity index is 388. The highest BCUT2D eigenvalue weighted by atomic mass is 16.6. The summed E-state index contributed by atoms with van der Waals surface area (Å²) in [5.74, 6) is 0.225. The fraction of sp³-hybridized carbons (Fsp3) is 0.500. The molecule has 0 radical (unpaired) electrons. The summed E-state index contributed by atoms with van der Waals surface area (Å²) >= 11 is 0. The standard InChI is InChI=1S/C14H19NO2/c1-11-8-14(16)9-12(2)15(11,17)10-13-6-4-3-5-7-13/h3-7,11-12H,8-10H2,1-2H3. The van der Waals surface area contributed by atoms with E-state index in [2.05, 4.69) is 0 Å². The second-order valence-corrected chi connectivity index (χ2v) is 5.14. The SMILES string of the molecule is CC1CC(=O)CC(C)[N+]1([O-])Cc1ccccc1. The van der Waals surface area contributed by atoms with Crippen molar-refractivity contribution in [1.29, 1.82) is 0 Å². The van der Waals surface area contributed by atoms with Crippen LogP contribution in [0.15, 0.2) is 30.3 Å². The van der Waals surface area contributed by atoms with Crippen LogP contribution in [0.3, 0.4) is 0 Å². The van der Waals surface area contributed by atoms with Gasteiger partial charge in [0.25, 0.3) is 0 Å². The number of benzene rings is 1. The van der Waals surface area contributed by atoms with Crippen LogP contribution >= 0.6 is 0 Å². The average Bonchev–Trinajstić information content (AvgIpc) is 2.28. The molecule has 0 aromatic heterocycles. The Hall–Kier alpha value is -1.19. The van der Waals surface area contributed by atoms with Crippen LogP contribution in [0.1, 0.15) is 32.3 Å². The highest BCUT2D eigenvalue weighted by Gasteiger charge is 2.38. The lowest BCUT2D eigenvalue weighted by Gasteiger charge is -2.54. The minimum absolute atomic E-state index is 0.133. The molecule has 0 spiro atoms. The summed E-state index contributed by atoms with van der Waals surface area (Å²) in [6.45, 7) is 4.25. The van der Waals surface area contributed by atoms with Crippen LogP contribution in [-0.4, -0.2) is 22.5 Å². The van der Waals surface area contributed by atoms with Crippen molar-refractivity contribution < 1.29 is 9.44 Å². The number of hydrogen-bond acceptors (Lipinski definition) is 2. The van der Waals surface area contributed by atoms with E-state index in [0.717, 1.165) is 5.56 Å². The molecule has 2 rings (SSSR count). The smallest absolute Gasteiger partial charge is 0.144 e. The predicted molar refractivity (Wildman–Crippen MR) is 66.9 cm³/mol. The van der Waals surface area contributed by atoms with E-state index in [-0.39, 0.29) is 22.5 Å². The number of carbonyl (C=O) groups is 1. The van der Waals surface area contributed by atoms with Gasteiger partial charge in [0.15, 0.2) is 0 Å². The summed E-state index contributed by atoms with van der Waals surface area (Å²) in [6.07, 6.45) is 0.835. The van der Waals surface area contributed by atoms with Gasteiger partial charge in [0.2, 0.25) is 0 Å². The van der Waals surface area contributed by atoms with E-state index >= 15 is 0 Å². The van der Waals surface area contributed by atoms with Crippen molar-refractivity contribution in [2.24, 2.45) is 0 Å². The molecule has 0 bridgehead atoms. The van der Waals surface area contributed by atoms with Gasteiger partial charge in [0, 0.05) is 5.56 Å².